The van der Waals surface area contributed by atoms with Crippen molar-refractivity contribution in [3.8, 4) is 5.75 Å². The quantitative estimate of drug-likeness (QED) is 0.580. The molecule has 1 aliphatic heterocycles. The Balaban J connectivity index is 1.90. The van der Waals surface area contributed by atoms with Crippen LogP contribution in [0.3, 0.4) is 0 Å². The van der Waals surface area contributed by atoms with E-state index in [1.54, 1.807) is 25.1 Å². The van der Waals surface area contributed by atoms with E-state index >= 15 is 0 Å². The minimum atomic E-state index is -0.821. The molecular weight excluding hydrogens is 411 g/mol. The van der Waals surface area contributed by atoms with Gasteiger partial charge in [0.15, 0.2) is 11.9 Å². The van der Waals surface area contributed by atoms with Crippen LogP contribution in [0.25, 0.3) is 0 Å². The number of carbonyl (C=O) groups excluding carboxylic acids is 2. The van der Waals surface area contributed by atoms with Crippen molar-refractivity contribution in [3.63, 3.8) is 0 Å². The van der Waals surface area contributed by atoms with Gasteiger partial charge in [-0.2, -0.15) is 0 Å². The van der Waals surface area contributed by atoms with Crippen LogP contribution in [0.15, 0.2) is 30.3 Å². The molecule has 0 fully saturated rings. The maximum Gasteiger partial charge on any atom is 0.366 e. The number of carbonyl (C=O) groups is 2. The third-order valence-electron chi connectivity index (χ3n) is 3.98. The van der Waals surface area contributed by atoms with Gasteiger partial charge in [0.05, 0.1) is 15.7 Å². The summed E-state index contributed by atoms with van der Waals surface area (Å²) in [6.07, 6.45) is -0.466. The van der Waals surface area contributed by atoms with E-state index in [4.69, 9.17) is 27.9 Å². The number of benzene rings is 1. The second-order valence-electron chi connectivity index (χ2n) is 5.84. The van der Waals surface area contributed by atoms with Gasteiger partial charge in [-0.1, -0.05) is 36.2 Å². The topological polar surface area (TPSA) is 115 Å². The highest BCUT2D eigenvalue weighted by molar-refractivity contribution is 6.44. The molecule has 28 heavy (non-hydrogen) atoms. The zero-order chi connectivity index (χ0) is 20.4. The van der Waals surface area contributed by atoms with Gasteiger partial charge in [0.25, 0.3) is 11.7 Å². The molecule has 1 N–H and O–H groups in total. The number of anilines is 2. The minimum Gasteiger partial charge on any atom is -0.474 e. The van der Waals surface area contributed by atoms with Crippen LogP contribution in [0.5, 0.6) is 5.75 Å². The Kier molecular flexibility index (Phi) is 5.66. The van der Waals surface area contributed by atoms with Gasteiger partial charge in [-0.05, 0) is 34.5 Å². The zero-order valence-electron chi connectivity index (χ0n) is 14.5. The molecule has 1 atom stereocenters. The normalized spacial score (nSPS) is 15.6. The molecular formula is C17H14Cl2N4O5. The van der Waals surface area contributed by atoms with Crippen LogP contribution in [-0.2, 0) is 9.59 Å². The van der Waals surface area contributed by atoms with E-state index in [1.807, 2.05) is 0 Å². The van der Waals surface area contributed by atoms with Crippen molar-refractivity contribution in [1.82, 2.24) is 4.98 Å². The van der Waals surface area contributed by atoms with Crippen LogP contribution < -0.4 is 15.0 Å². The van der Waals surface area contributed by atoms with Gasteiger partial charge in [-0.25, -0.2) is 0 Å². The number of amides is 2. The number of pyridine rings is 1. The van der Waals surface area contributed by atoms with Crippen LogP contribution in [0, 0.1) is 10.1 Å². The number of rotatable bonds is 5. The lowest BCUT2D eigenvalue weighted by Crippen LogP contribution is -2.49. The summed E-state index contributed by atoms with van der Waals surface area (Å²) in [5.74, 6) is -1.46. The van der Waals surface area contributed by atoms with Crippen LogP contribution >= 0.6 is 23.2 Å². The van der Waals surface area contributed by atoms with Crippen molar-refractivity contribution >= 4 is 52.3 Å². The Labute approximate surface area is 169 Å². The van der Waals surface area contributed by atoms with Crippen molar-refractivity contribution < 1.29 is 19.2 Å². The predicted octanol–water partition coefficient (Wildman–Crippen LogP) is 3.44. The standard InChI is InChI=1S/C17H14Cl2N4O5/c1-2-11-17(25)22(16-12(28-11)6-7-13(21-16)23(26)27)8-14(24)20-10-5-3-4-9(18)15(10)19/h3-7,11H,2,8H2,1H3,(H,20,24). The van der Waals surface area contributed by atoms with Crippen LogP contribution in [0.1, 0.15) is 13.3 Å². The maximum absolute atomic E-state index is 12.7. The van der Waals surface area contributed by atoms with Crippen molar-refractivity contribution in [2.75, 3.05) is 16.8 Å². The first-order chi connectivity index (χ1) is 13.3. The van der Waals surface area contributed by atoms with E-state index in [0.29, 0.717) is 6.42 Å². The summed E-state index contributed by atoms with van der Waals surface area (Å²) >= 11 is 12.0. The molecule has 0 saturated heterocycles. The molecule has 1 aliphatic rings. The molecule has 1 unspecified atom stereocenters. The second kappa shape index (κ2) is 7.99. The van der Waals surface area contributed by atoms with E-state index in [0.717, 1.165) is 4.90 Å². The predicted molar refractivity (Wildman–Crippen MR) is 103 cm³/mol. The molecule has 11 heteroatoms. The SMILES string of the molecule is CCC1Oc2ccc([N+](=O)[O-])nc2N(CC(=O)Nc2cccc(Cl)c2Cl)C1=O. The number of hydrogen-bond acceptors (Lipinski definition) is 6. The largest absolute Gasteiger partial charge is 0.474 e. The highest BCUT2D eigenvalue weighted by Crippen LogP contribution is 2.35. The summed E-state index contributed by atoms with van der Waals surface area (Å²) in [6, 6.07) is 7.26. The van der Waals surface area contributed by atoms with Gasteiger partial charge in [0, 0.05) is 6.07 Å². The molecule has 3 rings (SSSR count). The maximum atomic E-state index is 12.7. The number of nitrogens with zero attached hydrogens (tertiary/aromatic N) is 3. The third-order valence-corrected chi connectivity index (χ3v) is 4.80. The Bertz CT molecular complexity index is 969. The van der Waals surface area contributed by atoms with Crippen LogP contribution in [0.4, 0.5) is 17.3 Å². The molecule has 0 aliphatic carbocycles. The average Bonchev–Trinajstić information content (AvgIpc) is 2.67. The number of fused-ring (bicyclic) bond motifs is 1. The minimum absolute atomic E-state index is 0.0868. The molecule has 0 radical (unpaired) electrons. The van der Waals surface area contributed by atoms with E-state index in [9.17, 15) is 19.7 Å². The van der Waals surface area contributed by atoms with E-state index in [2.05, 4.69) is 10.3 Å². The van der Waals surface area contributed by atoms with Gasteiger partial charge in [0.1, 0.15) is 6.54 Å². The van der Waals surface area contributed by atoms with Gasteiger partial charge in [0.2, 0.25) is 5.91 Å². The summed E-state index contributed by atoms with van der Waals surface area (Å²) in [6.45, 7) is 1.32. The summed E-state index contributed by atoms with van der Waals surface area (Å²) < 4.78 is 5.55. The van der Waals surface area contributed by atoms with Gasteiger partial charge < -0.3 is 20.2 Å². The molecule has 0 saturated carbocycles. The fraction of sp³-hybridized carbons (Fsp3) is 0.235. The summed E-state index contributed by atoms with van der Waals surface area (Å²) in [5.41, 5.74) is 0.277. The monoisotopic (exact) mass is 424 g/mol. The fourth-order valence-electron chi connectivity index (χ4n) is 2.64. The first kappa shape index (κ1) is 19.8. The van der Waals surface area contributed by atoms with Gasteiger partial charge in [-0.3, -0.25) is 14.5 Å². The highest BCUT2D eigenvalue weighted by atomic mass is 35.5. The fourth-order valence-corrected chi connectivity index (χ4v) is 2.99. The highest BCUT2D eigenvalue weighted by Gasteiger charge is 2.39. The number of halogens is 2. The Morgan fingerprint density at radius 3 is 2.79 bits per heavy atom. The summed E-state index contributed by atoms with van der Waals surface area (Å²) in [7, 11) is 0. The number of ether oxygens (including phenoxy) is 1. The lowest BCUT2D eigenvalue weighted by Gasteiger charge is -2.30. The molecule has 2 heterocycles. The molecule has 0 bridgehead atoms. The summed E-state index contributed by atoms with van der Waals surface area (Å²) in [4.78, 5) is 40.4. The van der Waals surface area contributed by atoms with Crippen LogP contribution in [0.2, 0.25) is 10.0 Å². The van der Waals surface area contributed by atoms with Crippen molar-refractivity contribution in [3.05, 3.63) is 50.5 Å². The first-order valence-electron chi connectivity index (χ1n) is 8.19. The smallest absolute Gasteiger partial charge is 0.366 e. The molecule has 1 aromatic heterocycles. The molecule has 1 aromatic carbocycles. The number of nitro groups is 1. The van der Waals surface area contributed by atoms with E-state index in [1.165, 1.54) is 12.1 Å². The Morgan fingerprint density at radius 2 is 2.11 bits per heavy atom. The molecule has 146 valence electrons. The lowest BCUT2D eigenvalue weighted by molar-refractivity contribution is -0.389. The molecule has 2 amide bonds. The second-order valence-corrected chi connectivity index (χ2v) is 6.62. The molecule has 2 aromatic rings. The van der Waals surface area contributed by atoms with Crippen LogP contribution in [-0.4, -0.2) is 34.4 Å². The van der Waals surface area contributed by atoms with Gasteiger partial charge in [-0.15, -0.1) is 0 Å². The third kappa shape index (κ3) is 3.85. The number of nitrogens with one attached hydrogen (secondary N) is 1. The van der Waals surface area contributed by atoms with E-state index in [-0.39, 0.29) is 27.3 Å². The number of aromatic nitrogens is 1. The zero-order valence-corrected chi connectivity index (χ0v) is 16.0. The van der Waals surface area contributed by atoms with E-state index < -0.39 is 35.2 Å². The Hall–Kier alpha value is -2.91. The molecule has 0 spiro atoms. The molecule has 9 nitrogen and oxygen atoms in total. The van der Waals surface area contributed by atoms with Crippen molar-refractivity contribution in [2.24, 2.45) is 0 Å². The summed E-state index contributed by atoms with van der Waals surface area (Å²) in [5, 5.41) is 14.0. The van der Waals surface area contributed by atoms with Crippen molar-refractivity contribution in [2.45, 2.75) is 19.4 Å². The number of hydrogen-bond donors (Lipinski definition) is 1. The first-order valence-corrected chi connectivity index (χ1v) is 8.94. The lowest BCUT2D eigenvalue weighted by atomic mass is 10.2. The van der Waals surface area contributed by atoms with Crippen molar-refractivity contribution in [1.29, 1.82) is 0 Å². The Morgan fingerprint density at radius 1 is 1.36 bits per heavy atom. The average molecular weight is 425 g/mol. The van der Waals surface area contributed by atoms with Gasteiger partial charge >= 0.3 is 5.82 Å².